The van der Waals surface area contributed by atoms with Crippen molar-refractivity contribution in [3.8, 4) is 0 Å². The molecular weight excluding hydrogens is 312 g/mol. The zero-order valence-electron chi connectivity index (χ0n) is 12.6. The van der Waals surface area contributed by atoms with Crippen molar-refractivity contribution in [1.82, 2.24) is 4.98 Å². The second kappa shape index (κ2) is 6.44. The van der Waals surface area contributed by atoms with E-state index in [0.717, 1.165) is 16.5 Å². The number of H-pyrrole nitrogens is 1. The van der Waals surface area contributed by atoms with E-state index in [4.69, 9.17) is 11.6 Å². The number of benzene rings is 2. The van der Waals surface area contributed by atoms with E-state index in [-0.39, 0.29) is 5.91 Å². The molecule has 3 N–H and O–H groups in total. The molecule has 1 aromatic heterocycles. The Morgan fingerprint density at radius 1 is 1.22 bits per heavy atom. The van der Waals surface area contributed by atoms with Crippen molar-refractivity contribution in [3.05, 3.63) is 64.8 Å². The zero-order valence-corrected chi connectivity index (χ0v) is 13.4. The largest absolute Gasteiger partial charge is 0.388 e. The van der Waals surface area contributed by atoms with Gasteiger partial charge in [-0.1, -0.05) is 30.7 Å². The number of halogens is 1. The van der Waals surface area contributed by atoms with Crippen LogP contribution in [0.3, 0.4) is 0 Å². The van der Waals surface area contributed by atoms with Crippen molar-refractivity contribution in [2.75, 3.05) is 5.32 Å². The third kappa shape index (κ3) is 3.38. The van der Waals surface area contributed by atoms with Gasteiger partial charge in [0.1, 0.15) is 5.69 Å². The predicted octanol–water partition coefficient (Wildman–Crippen LogP) is 4.52. The van der Waals surface area contributed by atoms with E-state index in [1.165, 1.54) is 0 Å². The van der Waals surface area contributed by atoms with Gasteiger partial charge in [0.2, 0.25) is 0 Å². The van der Waals surface area contributed by atoms with Crippen molar-refractivity contribution < 1.29 is 9.90 Å². The summed E-state index contributed by atoms with van der Waals surface area (Å²) < 4.78 is 0. The molecular formula is C18H17ClN2O2. The Kier molecular flexibility index (Phi) is 4.37. The lowest BCUT2D eigenvalue weighted by Crippen LogP contribution is -2.12. The van der Waals surface area contributed by atoms with Crippen LogP contribution in [-0.4, -0.2) is 16.0 Å². The van der Waals surface area contributed by atoms with Gasteiger partial charge in [0, 0.05) is 21.6 Å². The molecule has 2 aromatic carbocycles. The minimum absolute atomic E-state index is 0.221. The van der Waals surface area contributed by atoms with Crippen LogP contribution in [0.5, 0.6) is 0 Å². The summed E-state index contributed by atoms with van der Waals surface area (Å²) >= 11 is 5.95. The van der Waals surface area contributed by atoms with Crippen LogP contribution in [-0.2, 0) is 0 Å². The Morgan fingerprint density at radius 3 is 2.65 bits per heavy atom. The lowest BCUT2D eigenvalue weighted by molar-refractivity contribution is 0.102. The number of aliphatic hydroxyl groups is 1. The van der Waals surface area contributed by atoms with Gasteiger partial charge in [0.25, 0.3) is 5.91 Å². The molecule has 118 valence electrons. The molecule has 3 rings (SSSR count). The van der Waals surface area contributed by atoms with Crippen molar-refractivity contribution in [3.63, 3.8) is 0 Å². The number of hydrogen-bond donors (Lipinski definition) is 3. The number of aromatic nitrogens is 1. The van der Waals surface area contributed by atoms with Crippen molar-refractivity contribution in [1.29, 1.82) is 0 Å². The van der Waals surface area contributed by atoms with Crippen molar-refractivity contribution in [2.24, 2.45) is 0 Å². The number of fused-ring (bicyclic) bond motifs is 1. The summed E-state index contributed by atoms with van der Waals surface area (Å²) in [4.78, 5) is 15.4. The van der Waals surface area contributed by atoms with Crippen LogP contribution >= 0.6 is 11.6 Å². The summed E-state index contributed by atoms with van der Waals surface area (Å²) in [6, 6.07) is 14.4. The maximum Gasteiger partial charge on any atom is 0.272 e. The number of aliphatic hydroxyl groups excluding tert-OH is 1. The van der Waals surface area contributed by atoms with Crippen LogP contribution in [0.15, 0.2) is 48.5 Å². The Morgan fingerprint density at radius 2 is 1.96 bits per heavy atom. The van der Waals surface area contributed by atoms with E-state index in [1.807, 2.05) is 31.2 Å². The van der Waals surface area contributed by atoms with E-state index in [1.54, 1.807) is 24.3 Å². The minimum Gasteiger partial charge on any atom is -0.388 e. The first-order valence-electron chi connectivity index (χ1n) is 7.44. The number of rotatable bonds is 4. The van der Waals surface area contributed by atoms with E-state index in [9.17, 15) is 9.90 Å². The third-order valence-electron chi connectivity index (χ3n) is 3.77. The summed E-state index contributed by atoms with van der Waals surface area (Å²) in [5, 5.41) is 14.1. The number of nitrogens with one attached hydrogen (secondary N) is 2. The third-order valence-corrected chi connectivity index (χ3v) is 4.00. The molecule has 4 nitrogen and oxygen atoms in total. The molecule has 0 fully saturated rings. The second-order valence-corrected chi connectivity index (χ2v) is 5.85. The number of carbonyl (C=O) groups excluding carboxylic acids is 1. The van der Waals surface area contributed by atoms with Gasteiger partial charge in [0.15, 0.2) is 0 Å². The molecule has 0 bridgehead atoms. The highest BCUT2D eigenvalue weighted by molar-refractivity contribution is 6.31. The normalized spacial score (nSPS) is 12.3. The molecule has 1 unspecified atom stereocenters. The average molecular weight is 329 g/mol. The highest BCUT2D eigenvalue weighted by atomic mass is 35.5. The van der Waals surface area contributed by atoms with Crippen LogP contribution in [0.1, 0.15) is 35.5 Å². The average Bonchev–Trinajstić information content (AvgIpc) is 2.98. The maximum absolute atomic E-state index is 12.3. The van der Waals surface area contributed by atoms with Gasteiger partial charge >= 0.3 is 0 Å². The topological polar surface area (TPSA) is 65.1 Å². The SMILES string of the molecule is CCC(O)c1ccc(NC(=O)c2cc3cc(Cl)ccc3[nH]2)cc1. The maximum atomic E-state index is 12.3. The second-order valence-electron chi connectivity index (χ2n) is 5.41. The van der Waals surface area contributed by atoms with Gasteiger partial charge < -0.3 is 15.4 Å². The van der Waals surface area contributed by atoms with E-state index in [2.05, 4.69) is 10.3 Å². The van der Waals surface area contributed by atoms with Gasteiger partial charge in [-0.2, -0.15) is 0 Å². The molecule has 0 radical (unpaired) electrons. The van der Waals surface area contributed by atoms with Crippen LogP contribution in [0, 0.1) is 0 Å². The Bertz CT molecular complexity index is 840. The van der Waals surface area contributed by atoms with Crippen molar-refractivity contribution >= 4 is 34.1 Å². The first kappa shape index (κ1) is 15.6. The van der Waals surface area contributed by atoms with Gasteiger partial charge in [0.05, 0.1) is 6.10 Å². The molecule has 0 saturated heterocycles. The molecule has 5 heteroatoms. The van der Waals surface area contributed by atoms with Gasteiger partial charge in [-0.25, -0.2) is 0 Å². The molecule has 0 aliphatic rings. The summed E-state index contributed by atoms with van der Waals surface area (Å²) in [7, 11) is 0. The minimum atomic E-state index is -0.474. The summed E-state index contributed by atoms with van der Waals surface area (Å²) in [5.74, 6) is -0.221. The number of hydrogen-bond acceptors (Lipinski definition) is 2. The summed E-state index contributed by atoms with van der Waals surface area (Å²) in [6.07, 6.45) is 0.182. The molecule has 0 spiro atoms. The fourth-order valence-electron chi connectivity index (χ4n) is 2.45. The van der Waals surface area contributed by atoms with Crippen LogP contribution in [0.4, 0.5) is 5.69 Å². The fourth-order valence-corrected chi connectivity index (χ4v) is 2.63. The molecule has 1 amide bonds. The van der Waals surface area contributed by atoms with Gasteiger partial charge in [-0.3, -0.25) is 4.79 Å². The number of anilines is 1. The first-order chi connectivity index (χ1) is 11.1. The molecule has 1 heterocycles. The van der Waals surface area contributed by atoms with E-state index >= 15 is 0 Å². The summed E-state index contributed by atoms with van der Waals surface area (Å²) in [5.41, 5.74) is 2.85. The zero-order chi connectivity index (χ0) is 16.4. The standard InChI is InChI=1S/C18H17ClN2O2/c1-2-17(22)11-3-6-14(7-4-11)20-18(23)16-10-12-9-13(19)5-8-15(12)21-16/h3-10,17,21-22H,2H2,1H3,(H,20,23). The molecule has 3 aromatic rings. The lowest BCUT2D eigenvalue weighted by atomic mass is 10.1. The molecule has 0 aliphatic heterocycles. The Hall–Kier alpha value is -2.30. The van der Waals surface area contributed by atoms with Crippen molar-refractivity contribution in [2.45, 2.75) is 19.4 Å². The smallest absolute Gasteiger partial charge is 0.272 e. The monoisotopic (exact) mass is 328 g/mol. The highest BCUT2D eigenvalue weighted by Crippen LogP contribution is 2.22. The number of carbonyl (C=O) groups is 1. The number of aromatic amines is 1. The Labute approximate surface area is 139 Å². The van der Waals surface area contributed by atoms with Gasteiger partial charge in [-0.05, 0) is 48.4 Å². The number of amides is 1. The quantitative estimate of drug-likeness (QED) is 0.659. The van der Waals surface area contributed by atoms with Crippen LogP contribution in [0.25, 0.3) is 10.9 Å². The van der Waals surface area contributed by atoms with E-state index < -0.39 is 6.10 Å². The predicted molar refractivity (Wildman–Crippen MR) is 93.0 cm³/mol. The molecule has 23 heavy (non-hydrogen) atoms. The van der Waals surface area contributed by atoms with Crippen LogP contribution in [0.2, 0.25) is 5.02 Å². The Balaban J connectivity index is 1.77. The summed E-state index contributed by atoms with van der Waals surface area (Å²) in [6.45, 7) is 1.92. The highest BCUT2D eigenvalue weighted by Gasteiger charge is 2.11. The lowest BCUT2D eigenvalue weighted by Gasteiger charge is -2.09. The first-order valence-corrected chi connectivity index (χ1v) is 7.82. The van der Waals surface area contributed by atoms with Gasteiger partial charge in [-0.15, -0.1) is 0 Å². The fraction of sp³-hybridized carbons (Fsp3) is 0.167. The van der Waals surface area contributed by atoms with Crippen LogP contribution < -0.4 is 5.32 Å². The molecule has 1 atom stereocenters. The van der Waals surface area contributed by atoms with E-state index in [0.29, 0.717) is 22.8 Å². The molecule has 0 aliphatic carbocycles. The molecule has 0 saturated carbocycles.